The molecule has 1 fully saturated rings. The zero-order chi connectivity index (χ0) is 14.8. The van der Waals surface area contributed by atoms with Crippen LogP contribution in [0.4, 0.5) is 0 Å². The maximum atomic E-state index is 3.96. The van der Waals surface area contributed by atoms with E-state index in [4.69, 9.17) is 0 Å². The number of nitrogens with one attached hydrogen (secondary N) is 1. The highest BCUT2D eigenvalue weighted by Crippen LogP contribution is 2.38. The lowest BCUT2D eigenvalue weighted by Gasteiger charge is -2.41. The number of rotatable bonds is 3. The van der Waals surface area contributed by atoms with Gasteiger partial charge in [-0.1, -0.05) is 52.2 Å². The van der Waals surface area contributed by atoms with Crippen LogP contribution in [-0.4, -0.2) is 12.6 Å². The molecule has 0 saturated heterocycles. The SMILES string of the molecule is CC1=CC(C)CC(CNC2CCCCC2C(C)(C)C)C1. The van der Waals surface area contributed by atoms with Gasteiger partial charge in [0.15, 0.2) is 0 Å². The van der Waals surface area contributed by atoms with Crippen molar-refractivity contribution in [3.8, 4) is 0 Å². The molecule has 0 bridgehead atoms. The molecule has 0 heterocycles. The van der Waals surface area contributed by atoms with E-state index in [1.807, 2.05) is 0 Å². The molecule has 2 rings (SSSR count). The Bertz CT molecular complexity index is 336. The smallest absolute Gasteiger partial charge is 0.0100 e. The lowest BCUT2D eigenvalue weighted by atomic mass is 9.69. The minimum absolute atomic E-state index is 0.452. The largest absolute Gasteiger partial charge is 0.313 e. The number of allylic oxidation sites excluding steroid dienone is 2. The molecule has 0 radical (unpaired) electrons. The molecule has 0 aromatic rings. The second kappa shape index (κ2) is 6.64. The maximum absolute atomic E-state index is 3.96. The van der Waals surface area contributed by atoms with Crippen LogP contribution in [0.1, 0.15) is 73.1 Å². The van der Waals surface area contributed by atoms with Gasteiger partial charge in [-0.25, -0.2) is 0 Å². The molecular formula is C19H35N. The van der Waals surface area contributed by atoms with E-state index in [9.17, 15) is 0 Å². The summed E-state index contributed by atoms with van der Waals surface area (Å²) in [6.45, 7) is 13.2. The zero-order valence-electron chi connectivity index (χ0n) is 14.3. The lowest BCUT2D eigenvalue weighted by Crippen LogP contribution is -2.46. The summed E-state index contributed by atoms with van der Waals surface area (Å²) in [6.07, 6.45) is 10.8. The van der Waals surface area contributed by atoms with Gasteiger partial charge in [0.2, 0.25) is 0 Å². The van der Waals surface area contributed by atoms with Crippen molar-refractivity contribution in [2.45, 2.75) is 79.2 Å². The summed E-state index contributed by atoms with van der Waals surface area (Å²) in [5.41, 5.74) is 2.06. The normalized spacial score (nSPS) is 35.8. The first-order valence-corrected chi connectivity index (χ1v) is 8.77. The Morgan fingerprint density at radius 2 is 1.90 bits per heavy atom. The fourth-order valence-corrected chi connectivity index (χ4v) is 4.57. The molecule has 1 nitrogen and oxygen atoms in total. The van der Waals surface area contributed by atoms with Crippen LogP contribution >= 0.6 is 0 Å². The van der Waals surface area contributed by atoms with Gasteiger partial charge in [-0.2, -0.15) is 0 Å². The maximum Gasteiger partial charge on any atom is 0.0100 e. The molecule has 0 aliphatic heterocycles. The summed E-state index contributed by atoms with van der Waals surface area (Å²) < 4.78 is 0. The Morgan fingerprint density at radius 3 is 2.55 bits per heavy atom. The summed E-state index contributed by atoms with van der Waals surface area (Å²) in [6, 6.07) is 0.755. The molecule has 0 spiro atoms. The Balaban J connectivity index is 1.87. The van der Waals surface area contributed by atoms with Gasteiger partial charge in [-0.3, -0.25) is 0 Å². The summed E-state index contributed by atoms with van der Waals surface area (Å²) in [5, 5.41) is 3.96. The van der Waals surface area contributed by atoms with Crippen LogP contribution < -0.4 is 5.32 Å². The molecule has 0 aromatic carbocycles. The van der Waals surface area contributed by atoms with E-state index < -0.39 is 0 Å². The van der Waals surface area contributed by atoms with Gasteiger partial charge in [-0.15, -0.1) is 0 Å². The first-order chi connectivity index (χ1) is 9.36. The summed E-state index contributed by atoms with van der Waals surface area (Å²) in [4.78, 5) is 0. The fraction of sp³-hybridized carbons (Fsp3) is 0.895. The average molecular weight is 277 g/mol. The second-order valence-corrected chi connectivity index (χ2v) is 8.57. The van der Waals surface area contributed by atoms with Crippen molar-refractivity contribution in [1.29, 1.82) is 0 Å². The van der Waals surface area contributed by atoms with Crippen LogP contribution in [0.3, 0.4) is 0 Å². The Morgan fingerprint density at radius 1 is 1.20 bits per heavy atom. The van der Waals surface area contributed by atoms with Crippen LogP contribution in [0.5, 0.6) is 0 Å². The van der Waals surface area contributed by atoms with Crippen LogP contribution in [0, 0.1) is 23.2 Å². The van der Waals surface area contributed by atoms with Crippen LogP contribution in [0.25, 0.3) is 0 Å². The Labute approximate surface area is 126 Å². The highest BCUT2D eigenvalue weighted by molar-refractivity contribution is 5.06. The van der Waals surface area contributed by atoms with Crippen molar-refractivity contribution < 1.29 is 0 Å². The van der Waals surface area contributed by atoms with Gasteiger partial charge in [0, 0.05) is 6.04 Å². The highest BCUT2D eigenvalue weighted by atomic mass is 14.9. The van der Waals surface area contributed by atoms with E-state index in [2.05, 4.69) is 46.0 Å². The predicted octanol–water partition coefficient (Wildman–Crippen LogP) is 5.17. The third-order valence-corrected chi connectivity index (χ3v) is 5.43. The molecule has 4 atom stereocenters. The van der Waals surface area contributed by atoms with Crippen molar-refractivity contribution in [2.75, 3.05) is 6.54 Å². The molecule has 2 aliphatic carbocycles. The quantitative estimate of drug-likeness (QED) is 0.701. The van der Waals surface area contributed by atoms with Crippen molar-refractivity contribution >= 4 is 0 Å². The molecule has 0 amide bonds. The Hall–Kier alpha value is -0.300. The van der Waals surface area contributed by atoms with Crippen LogP contribution in [-0.2, 0) is 0 Å². The minimum atomic E-state index is 0.452. The molecular weight excluding hydrogens is 242 g/mol. The topological polar surface area (TPSA) is 12.0 Å². The molecule has 2 aliphatic rings. The van der Waals surface area contributed by atoms with E-state index in [1.165, 1.54) is 45.1 Å². The molecule has 4 unspecified atom stereocenters. The molecule has 1 saturated carbocycles. The molecule has 0 aromatic heterocycles. The van der Waals surface area contributed by atoms with Gasteiger partial charge < -0.3 is 5.32 Å². The van der Waals surface area contributed by atoms with Gasteiger partial charge in [-0.05, 0) is 62.3 Å². The molecule has 20 heavy (non-hydrogen) atoms. The fourth-order valence-electron chi connectivity index (χ4n) is 4.57. The van der Waals surface area contributed by atoms with E-state index in [-0.39, 0.29) is 0 Å². The summed E-state index contributed by atoms with van der Waals surface area (Å²) >= 11 is 0. The monoisotopic (exact) mass is 277 g/mol. The average Bonchev–Trinajstić information content (AvgIpc) is 2.34. The van der Waals surface area contributed by atoms with E-state index in [0.717, 1.165) is 23.8 Å². The third kappa shape index (κ3) is 4.35. The van der Waals surface area contributed by atoms with Crippen molar-refractivity contribution in [2.24, 2.45) is 23.2 Å². The zero-order valence-corrected chi connectivity index (χ0v) is 14.3. The van der Waals surface area contributed by atoms with Crippen molar-refractivity contribution in [3.05, 3.63) is 11.6 Å². The second-order valence-electron chi connectivity index (χ2n) is 8.57. The van der Waals surface area contributed by atoms with Crippen molar-refractivity contribution in [3.63, 3.8) is 0 Å². The molecule has 1 heteroatoms. The number of hydrogen-bond donors (Lipinski definition) is 1. The van der Waals surface area contributed by atoms with Gasteiger partial charge in [0.25, 0.3) is 0 Å². The van der Waals surface area contributed by atoms with Gasteiger partial charge in [0.1, 0.15) is 0 Å². The predicted molar refractivity (Wildman–Crippen MR) is 88.8 cm³/mol. The minimum Gasteiger partial charge on any atom is -0.313 e. The van der Waals surface area contributed by atoms with E-state index >= 15 is 0 Å². The van der Waals surface area contributed by atoms with Crippen molar-refractivity contribution in [1.82, 2.24) is 5.32 Å². The molecule has 1 N–H and O–H groups in total. The van der Waals surface area contributed by atoms with Gasteiger partial charge >= 0.3 is 0 Å². The number of hydrogen-bond acceptors (Lipinski definition) is 1. The van der Waals surface area contributed by atoms with E-state index in [0.29, 0.717) is 5.41 Å². The first-order valence-electron chi connectivity index (χ1n) is 8.77. The third-order valence-electron chi connectivity index (χ3n) is 5.43. The molecule has 116 valence electrons. The van der Waals surface area contributed by atoms with Gasteiger partial charge in [0.05, 0.1) is 0 Å². The summed E-state index contributed by atoms with van der Waals surface area (Å²) in [7, 11) is 0. The van der Waals surface area contributed by atoms with E-state index in [1.54, 1.807) is 5.57 Å². The Kier molecular flexibility index (Phi) is 5.34. The lowest BCUT2D eigenvalue weighted by molar-refractivity contribution is 0.126. The first kappa shape index (κ1) is 16.1. The highest BCUT2D eigenvalue weighted by Gasteiger charge is 2.34. The standard InChI is InChI=1S/C19H35N/c1-14-10-15(2)12-16(11-14)13-20-18-9-7-6-8-17(18)19(3,4)5/h10,14,16-18,20H,6-9,11-13H2,1-5H3. The van der Waals surface area contributed by atoms with Crippen LogP contribution in [0.2, 0.25) is 0 Å². The summed E-state index contributed by atoms with van der Waals surface area (Å²) in [5.74, 6) is 2.49. The van der Waals surface area contributed by atoms with Crippen LogP contribution in [0.15, 0.2) is 11.6 Å².